The van der Waals surface area contributed by atoms with Crippen LogP contribution in [0, 0.1) is 0 Å². The Balaban J connectivity index is 1.78. The van der Waals surface area contributed by atoms with Crippen LogP contribution in [-0.4, -0.2) is 53.5 Å². The summed E-state index contributed by atoms with van der Waals surface area (Å²) in [6, 6.07) is 5.51. The van der Waals surface area contributed by atoms with Crippen molar-refractivity contribution in [3.05, 3.63) is 34.8 Å². The summed E-state index contributed by atoms with van der Waals surface area (Å²) in [7, 11) is 1.44. The predicted octanol–water partition coefficient (Wildman–Crippen LogP) is 3.01. The normalized spacial score (nSPS) is 17.2. The maximum absolute atomic E-state index is 12.8. The first kappa shape index (κ1) is 19.9. The van der Waals surface area contributed by atoms with Crippen molar-refractivity contribution in [2.24, 2.45) is 0 Å². The molecule has 2 heterocycles. The SMILES string of the molecule is CCOc1ccc(C(=O)OC2CN(C)C(=O)N2c2nnc(C(F)(F)F)s2)cc1. The van der Waals surface area contributed by atoms with Crippen molar-refractivity contribution in [3.8, 4) is 5.75 Å². The van der Waals surface area contributed by atoms with E-state index >= 15 is 0 Å². The largest absolute Gasteiger partial charge is 0.494 e. The molecule has 8 nitrogen and oxygen atoms in total. The predicted molar refractivity (Wildman–Crippen MR) is 92.2 cm³/mol. The smallest absolute Gasteiger partial charge is 0.445 e. The molecule has 1 atom stereocenters. The molecule has 1 saturated heterocycles. The molecule has 0 aliphatic carbocycles. The lowest BCUT2D eigenvalue weighted by Crippen LogP contribution is -2.37. The number of rotatable bonds is 5. The maximum atomic E-state index is 12.8. The molecule has 1 aromatic carbocycles. The molecule has 2 aromatic rings. The van der Waals surface area contributed by atoms with Crippen LogP contribution in [0.5, 0.6) is 5.75 Å². The van der Waals surface area contributed by atoms with Gasteiger partial charge in [0.2, 0.25) is 16.4 Å². The molecule has 1 unspecified atom stereocenters. The third-order valence-corrected chi connectivity index (χ3v) is 4.73. The number of carbonyl (C=O) groups is 2. The number of amides is 2. The number of nitrogens with zero attached hydrogens (tertiary/aromatic N) is 4. The van der Waals surface area contributed by atoms with Crippen molar-refractivity contribution in [2.75, 3.05) is 25.1 Å². The van der Waals surface area contributed by atoms with E-state index in [-0.39, 0.29) is 28.6 Å². The monoisotopic (exact) mass is 416 g/mol. The van der Waals surface area contributed by atoms with Crippen LogP contribution in [0.2, 0.25) is 0 Å². The number of hydrogen-bond donors (Lipinski definition) is 0. The van der Waals surface area contributed by atoms with Gasteiger partial charge in [0.1, 0.15) is 5.75 Å². The van der Waals surface area contributed by atoms with Gasteiger partial charge in [0.05, 0.1) is 18.7 Å². The lowest BCUT2D eigenvalue weighted by atomic mass is 10.2. The van der Waals surface area contributed by atoms with Crippen molar-refractivity contribution in [1.29, 1.82) is 0 Å². The molecular weight excluding hydrogens is 401 g/mol. The fraction of sp³-hybridized carbons (Fsp3) is 0.375. The van der Waals surface area contributed by atoms with Gasteiger partial charge in [0.15, 0.2) is 0 Å². The number of anilines is 1. The number of hydrogen-bond acceptors (Lipinski definition) is 7. The maximum Gasteiger partial charge on any atom is 0.445 e. The van der Waals surface area contributed by atoms with Gasteiger partial charge in [0, 0.05) is 7.05 Å². The van der Waals surface area contributed by atoms with Gasteiger partial charge in [-0.2, -0.15) is 13.2 Å². The Morgan fingerprint density at radius 2 is 1.96 bits per heavy atom. The van der Waals surface area contributed by atoms with Crippen LogP contribution in [0.3, 0.4) is 0 Å². The van der Waals surface area contributed by atoms with Gasteiger partial charge in [-0.15, -0.1) is 10.2 Å². The van der Waals surface area contributed by atoms with Crippen LogP contribution >= 0.6 is 11.3 Å². The Kier molecular flexibility index (Phi) is 5.40. The molecular formula is C16H15F3N4O4S. The van der Waals surface area contributed by atoms with Crippen molar-refractivity contribution in [1.82, 2.24) is 15.1 Å². The molecule has 0 N–H and O–H groups in total. The van der Waals surface area contributed by atoms with Crippen LogP contribution in [0.25, 0.3) is 0 Å². The molecule has 0 bridgehead atoms. The Morgan fingerprint density at radius 3 is 2.54 bits per heavy atom. The number of halogens is 3. The van der Waals surface area contributed by atoms with Crippen molar-refractivity contribution in [2.45, 2.75) is 19.3 Å². The molecule has 1 aliphatic heterocycles. The van der Waals surface area contributed by atoms with Crippen molar-refractivity contribution < 1.29 is 32.2 Å². The summed E-state index contributed by atoms with van der Waals surface area (Å²) in [6.45, 7) is 2.27. The molecule has 0 spiro atoms. The second-order valence-electron chi connectivity index (χ2n) is 5.74. The van der Waals surface area contributed by atoms with Gasteiger partial charge in [0.25, 0.3) is 0 Å². The number of benzene rings is 1. The van der Waals surface area contributed by atoms with E-state index in [0.29, 0.717) is 12.4 Å². The molecule has 3 rings (SSSR count). The summed E-state index contributed by atoms with van der Waals surface area (Å²) >= 11 is 0.200. The number of ether oxygens (including phenoxy) is 2. The van der Waals surface area contributed by atoms with Gasteiger partial charge in [-0.25, -0.2) is 14.5 Å². The Morgan fingerprint density at radius 1 is 1.29 bits per heavy atom. The average molecular weight is 416 g/mol. The van der Waals surface area contributed by atoms with E-state index in [4.69, 9.17) is 9.47 Å². The zero-order valence-corrected chi connectivity index (χ0v) is 15.6. The van der Waals surface area contributed by atoms with Gasteiger partial charge < -0.3 is 14.4 Å². The topological polar surface area (TPSA) is 84.9 Å². The first-order valence-corrected chi connectivity index (χ1v) is 8.91. The van der Waals surface area contributed by atoms with E-state index in [1.807, 2.05) is 6.92 Å². The molecule has 28 heavy (non-hydrogen) atoms. The molecule has 0 saturated carbocycles. The Hall–Kier alpha value is -2.89. The lowest BCUT2D eigenvalue weighted by Gasteiger charge is -2.19. The highest BCUT2D eigenvalue weighted by atomic mass is 32.1. The van der Waals surface area contributed by atoms with E-state index in [1.165, 1.54) is 24.1 Å². The first-order chi connectivity index (χ1) is 13.2. The third kappa shape index (κ3) is 4.01. The Bertz CT molecular complexity index is 872. The minimum Gasteiger partial charge on any atom is -0.494 e. The van der Waals surface area contributed by atoms with Crippen LogP contribution in [0.4, 0.5) is 23.1 Å². The van der Waals surface area contributed by atoms with E-state index in [1.54, 1.807) is 12.1 Å². The minimum absolute atomic E-state index is 0.0253. The summed E-state index contributed by atoms with van der Waals surface area (Å²) in [5.41, 5.74) is 0.207. The quantitative estimate of drug-likeness (QED) is 0.697. The Labute approximate surface area is 161 Å². The third-order valence-electron chi connectivity index (χ3n) is 3.76. The molecule has 0 radical (unpaired) electrons. The standard InChI is InChI=1S/C16H15F3N4O4S/c1-3-26-10-6-4-9(5-7-10)12(24)27-11-8-22(2)15(25)23(11)14-21-20-13(28-14)16(17,18)19/h4-7,11H,3,8H2,1-2H3. The number of urea groups is 1. The second kappa shape index (κ2) is 7.62. The molecule has 1 aliphatic rings. The summed E-state index contributed by atoms with van der Waals surface area (Å²) in [4.78, 5) is 26.8. The molecule has 1 aromatic heterocycles. The molecule has 1 fully saturated rings. The number of alkyl halides is 3. The fourth-order valence-electron chi connectivity index (χ4n) is 2.47. The van der Waals surface area contributed by atoms with Crippen molar-refractivity contribution in [3.63, 3.8) is 0 Å². The highest BCUT2D eigenvalue weighted by molar-refractivity contribution is 7.15. The zero-order valence-electron chi connectivity index (χ0n) is 14.8. The number of likely N-dealkylation sites (N-methyl/N-ethyl adjacent to an activating group) is 1. The highest BCUT2D eigenvalue weighted by Crippen LogP contribution is 2.36. The van der Waals surface area contributed by atoms with E-state index in [0.717, 1.165) is 4.90 Å². The summed E-state index contributed by atoms with van der Waals surface area (Å²) in [6.07, 6.45) is -5.82. The van der Waals surface area contributed by atoms with Crippen LogP contribution in [-0.2, 0) is 10.9 Å². The summed E-state index contributed by atoms with van der Waals surface area (Å²) in [5, 5.41) is 5.01. The highest BCUT2D eigenvalue weighted by Gasteiger charge is 2.43. The summed E-state index contributed by atoms with van der Waals surface area (Å²) < 4.78 is 49.0. The zero-order chi connectivity index (χ0) is 20.5. The average Bonchev–Trinajstić information content (AvgIpc) is 3.21. The van der Waals surface area contributed by atoms with Gasteiger partial charge in [-0.05, 0) is 31.2 Å². The van der Waals surface area contributed by atoms with E-state index in [2.05, 4.69) is 10.2 Å². The van der Waals surface area contributed by atoms with E-state index < -0.39 is 29.4 Å². The molecule has 150 valence electrons. The van der Waals surface area contributed by atoms with Crippen LogP contribution in [0.15, 0.2) is 24.3 Å². The molecule has 12 heteroatoms. The minimum atomic E-state index is -4.68. The number of carbonyl (C=O) groups excluding carboxylic acids is 2. The first-order valence-electron chi connectivity index (χ1n) is 8.09. The second-order valence-corrected chi connectivity index (χ2v) is 6.69. The van der Waals surface area contributed by atoms with Crippen LogP contribution in [0.1, 0.15) is 22.3 Å². The number of esters is 1. The lowest BCUT2D eigenvalue weighted by molar-refractivity contribution is -0.138. The van der Waals surface area contributed by atoms with E-state index in [9.17, 15) is 22.8 Å². The fourth-order valence-corrected chi connectivity index (χ4v) is 3.21. The summed E-state index contributed by atoms with van der Waals surface area (Å²) in [5.74, 6) is -0.160. The van der Waals surface area contributed by atoms with Gasteiger partial charge >= 0.3 is 18.2 Å². The van der Waals surface area contributed by atoms with Gasteiger partial charge in [-0.1, -0.05) is 11.3 Å². The van der Waals surface area contributed by atoms with Gasteiger partial charge in [-0.3, -0.25) is 0 Å². The van der Waals surface area contributed by atoms with Crippen molar-refractivity contribution >= 4 is 28.5 Å². The number of aromatic nitrogens is 2. The van der Waals surface area contributed by atoms with Crippen LogP contribution < -0.4 is 9.64 Å². The molecule has 2 amide bonds.